The van der Waals surface area contributed by atoms with E-state index in [-0.39, 0.29) is 12.1 Å². The summed E-state index contributed by atoms with van der Waals surface area (Å²) < 4.78 is 1.24. The van der Waals surface area contributed by atoms with Crippen LogP contribution in [0.2, 0.25) is 0 Å². The molecule has 2 rings (SSSR count). The third-order valence-corrected chi connectivity index (χ3v) is 3.15. The van der Waals surface area contributed by atoms with Crippen molar-refractivity contribution in [2.75, 3.05) is 19.0 Å². The summed E-state index contributed by atoms with van der Waals surface area (Å²) in [7, 11) is 3.74. The van der Waals surface area contributed by atoms with Crippen LogP contribution in [0.25, 0.3) is 0 Å². The third-order valence-electron chi connectivity index (χ3n) is 3.15. The van der Waals surface area contributed by atoms with E-state index in [0.717, 1.165) is 5.69 Å². The van der Waals surface area contributed by atoms with Crippen molar-refractivity contribution in [2.24, 2.45) is 0 Å². The second-order valence-corrected chi connectivity index (χ2v) is 5.11. The molecule has 0 saturated heterocycles. The van der Waals surface area contributed by atoms with Crippen LogP contribution in [0, 0.1) is 0 Å². The number of hydrogen-bond donors (Lipinski definition) is 2. The molecule has 23 heavy (non-hydrogen) atoms. The molecule has 2 N–H and O–H groups in total. The van der Waals surface area contributed by atoms with E-state index in [9.17, 15) is 14.4 Å². The normalized spacial score (nSPS) is 10.0. The zero-order chi connectivity index (χ0) is 16.8. The monoisotopic (exact) mass is 314 g/mol. The van der Waals surface area contributed by atoms with Gasteiger partial charge in [-0.3, -0.25) is 25.2 Å². The number of hydrogen-bond acceptors (Lipinski definition) is 4. The summed E-state index contributed by atoms with van der Waals surface area (Å²) in [6, 6.07) is 11.6. The fourth-order valence-corrected chi connectivity index (χ4v) is 1.91. The van der Waals surface area contributed by atoms with Crippen LogP contribution < -0.4 is 21.3 Å². The third kappa shape index (κ3) is 4.44. The molecule has 1 aromatic heterocycles. The van der Waals surface area contributed by atoms with Gasteiger partial charge in [0.2, 0.25) is 0 Å². The van der Waals surface area contributed by atoms with E-state index in [1.54, 1.807) is 30.3 Å². The van der Waals surface area contributed by atoms with Crippen molar-refractivity contribution in [1.29, 1.82) is 0 Å². The second-order valence-electron chi connectivity index (χ2n) is 5.11. The van der Waals surface area contributed by atoms with Gasteiger partial charge in [0.1, 0.15) is 6.54 Å². The maximum atomic E-state index is 12.0. The van der Waals surface area contributed by atoms with Crippen molar-refractivity contribution >= 4 is 17.5 Å². The molecule has 0 aliphatic rings. The predicted octanol–water partition coefficient (Wildman–Crippen LogP) is 0.375. The molecule has 0 spiro atoms. The van der Waals surface area contributed by atoms with Crippen molar-refractivity contribution < 1.29 is 9.59 Å². The highest BCUT2D eigenvalue weighted by Gasteiger charge is 2.09. The molecule has 0 aliphatic carbocycles. The van der Waals surface area contributed by atoms with Gasteiger partial charge in [0.25, 0.3) is 17.4 Å². The Morgan fingerprint density at radius 2 is 1.87 bits per heavy atom. The molecule has 7 heteroatoms. The molecular formula is C16H18N4O3. The first-order valence-electron chi connectivity index (χ1n) is 6.99. The van der Waals surface area contributed by atoms with Crippen molar-refractivity contribution in [1.82, 2.24) is 15.4 Å². The lowest BCUT2D eigenvalue weighted by Gasteiger charge is -2.13. The summed E-state index contributed by atoms with van der Waals surface area (Å²) in [6.45, 7) is -0.169. The number of anilines is 1. The van der Waals surface area contributed by atoms with E-state index in [2.05, 4.69) is 10.9 Å². The number of benzene rings is 1. The number of nitrogens with one attached hydrogen (secondary N) is 2. The first-order valence-corrected chi connectivity index (χ1v) is 6.99. The summed E-state index contributed by atoms with van der Waals surface area (Å²) >= 11 is 0. The first-order chi connectivity index (χ1) is 11.0. The number of hydrazine groups is 1. The molecule has 2 amide bonds. The highest BCUT2D eigenvalue weighted by molar-refractivity contribution is 5.96. The first kappa shape index (κ1) is 16.3. The van der Waals surface area contributed by atoms with Crippen LogP contribution in [-0.2, 0) is 11.3 Å². The Balaban J connectivity index is 1.94. The minimum Gasteiger partial charge on any atom is -0.378 e. The zero-order valence-corrected chi connectivity index (χ0v) is 12.9. The van der Waals surface area contributed by atoms with E-state index in [0.29, 0.717) is 5.56 Å². The number of carbonyl (C=O) groups is 2. The van der Waals surface area contributed by atoms with Crippen LogP contribution in [0.4, 0.5) is 5.69 Å². The van der Waals surface area contributed by atoms with Crippen molar-refractivity contribution in [3.05, 3.63) is 64.6 Å². The second kappa shape index (κ2) is 7.26. The average Bonchev–Trinajstić information content (AvgIpc) is 2.55. The van der Waals surface area contributed by atoms with E-state index >= 15 is 0 Å². The van der Waals surface area contributed by atoms with E-state index in [4.69, 9.17) is 0 Å². The Kier molecular flexibility index (Phi) is 5.14. The van der Waals surface area contributed by atoms with E-state index < -0.39 is 11.8 Å². The maximum absolute atomic E-state index is 12.0. The number of aromatic nitrogens is 1. The lowest BCUT2D eigenvalue weighted by atomic mass is 10.2. The summed E-state index contributed by atoms with van der Waals surface area (Å²) in [6.07, 6.45) is 1.50. The van der Waals surface area contributed by atoms with Crippen molar-refractivity contribution in [2.45, 2.75) is 6.54 Å². The molecule has 120 valence electrons. The zero-order valence-electron chi connectivity index (χ0n) is 12.9. The van der Waals surface area contributed by atoms with Gasteiger partial charge in [-0.15, -0.1) is 0 Å². The topological polar surface area (TPSA) is 83.4 Å². The molecule has 0 fully saturated rings. The fourth-order valence-electron chi connectivity index (χ4n) is 1.91. The fraction of sp³-hybridized carbons (Fsp3) is 0.188. The van der Waals surface area contributed by atoms with E-state index in [1.807, 2.05) is 25.1 Å². The summed E-state index contributed by atoms with van der Waals surface area (Å²) in [4.78, 5) is 37.2. The Labute approximate surface area is 133 Å². The summed E-state index contributed by atoms with van der Waals surface area (Å²) in [5.74, 6) is -0.919. The standard InChI is InChI=1S/C16H18N4O3/c1-19(2)13-7-5-6-12(10-13)16(23)18-17-14(21)11-20-9-4-3-8-15(20)22/h3-10H,11H2,1-2H3,(H,17,21)(H,18,23). The SMILES string of the molecule is CN(C)c1cccc(C(=O)NNC(=O)Cn2ccccc2=O)c1. The largest absolute Gasteiger partial charge is 0.378 e. The van der Waals surface area contributed by atoms with Crippen LogP contribution in [0.5, 0.6) is 0 Å². The molecular weight excluding hydrogens is 296 g/mol. The molecule has 1 heterocycles. The van der Waals surface area contributed by atoms with Gasteiger partial charge < -0.3 is 9.47 Å². The molecule has 0 saturated carbocycles. The number of nitrogens with zero attached hydrogens (tertiary/aromatic N) is 2. The quantitative estimate of drug-likeness (QED) is 0.799. The Morgan fingerprint density at radius 1 is 1.09 bits per heavy atom. The highest BCUT2D eigenvalue weighted by Crippen LogP contribution is 2.12. The highest BCUT2D eigenvalue weighted by atomic mass is 16.2. The van der Waals surface area contributed by atoms with Crippen molar-refractivity contribution in [3.8, 4) is 0 Å². The Hall–Kier alpha value is -3.09. The van der Waals surface area contributed by atoms with Crippen LogP contribution in [-0.4, -0.2) is 30.5 Å². The van der Waals surface area contributed by atoms with Crippen LogP contribution in [0.15, 0.2) is 53.5 Å². The summed E-state index contributed by atoms with van der Waals surface area (Å²) in [5.41, 5.74) is 5.64. The predicted molar refractivity (Wildman–Crippen MR) is 87.1 cm³/mol. The van der Waals surface area contributed by atoms with Gasteiger partial charge in [-0.2, -0.15) is 0 Å². The molecule has 0 radical (unpaired) electrons. The van der Waals surface area contributed by atoms with Gasteiger partial charge in [0, 0.05) is 37.6 Å². The number of pyridine rings is 1. The Morgan fingerprint density at radius 3 is 2.57 bits per heavy atom. The van der Waals surface area contributed by atoms with Gasteiger partial charge >= 0.3 is 0 Å². The van der Waals surface area contributed by atoms with Gasteiger partial charge in [-0.05, 0) is 24.3 Å². The molecule has 7 nitrogen and oxygen atoms in total. The van der Waals surface area contributed by atoms with E-state index in [1.165, 1.54) is 16.8 Å². The average molecular weight is 314 g/mol. The molecule has 2 aromatic rings. The lowest BCUT2D eigenvalue weighted by molar-refractivity contribution is -0.122. The number of amides is 2. The molecule has 0 aliphatic heterocycles. The molecule has 0 unspecified atom stereocenters. The minimum atomic E-state index is -0.490. The van der Waals surface area contributed by atoms with Gasteiger partial charge in [0.15, 0.2) is 0 Å². The van der Waals surface area contributed by atoms with Gasteiger partial charge in [-0.1, -0.05) is 12.1 Å². The number of rotatable bonds is 4. The molecule has 1 aromatic carbocycles. The van der Waals surface area contributed by atoms with Gasteiger partial charge in [0.05, 0.1) is 0 Å². The molecule has 0 atom stereocenters. The van der Waals surface area contributed by atoms with Crippen LogP contribution >= 0.6 is 0 Å². The summed E-state index contributed by atoms with van der Waals surface area (Å²) in [5, 5.41) is 0. The maximum Gasteiger partial charge on any atom is 0.269 e. The smallest absolute Gasteiger partial charge is 0.269 e. The lowest BCUT2D eigenvalue weighted by Crippen LogP contribution is -2.44. The van der Waals surface area contributed by atoms with Crippen LogP contribution in [0.1, 0.15) is 10.4 Å². The van der Waals surface area contributed by atoms with Crippen molar-refractivity contribution in [3.63, 3.8) is 0 Å². The van der Waals surface area contributed by atoms with Crippen LogP contribution in [0.3, 0.4) is 0 Å². The minimum absolute atomic E-state index is 0.169. The Bertz CT molecular complexity index is 768. The number of carbonyl (C=O) groups excluding carboxylic acids is 2. The molecule has 0 bridgehead atoms. The van der Waals surface area contributed by atoms with Gasteiger partial charge in [-0.25, -0.2) is 0 Å².